The fourth-order valence-electron chi connectivity index (χ4n) is 1.78. The number of halogens is 1. The molecule has 0 aliphatic rings. The second kappa shape index (κ2) is 5.61. The Labute approximate surface area is 118 Å². The van der Waals surface area contributed by atoms with Crippen molar-refractivity contribution in [3.05, 3.63) is 57.3 Å². The normalized spacial score (nSPS) is 10.4. The molecule has 110 valence electrons. The molecule has 0 fully saturated rings. The van der Waals surface area contributed by atoms with Crippen LogP contribution in [0, 0.1) is 22.9 Å². The molecule has 0 aliphatic heterocycles. The molecular formula is C13H11FN2O5. The summed E-state index contributed by atoms with van der Waals surface area (Å²) in [6.45, 7) is 1.85. The summed E-state index contributed by atoms with van der Waals surface area (Å²) in [7, 11) is 0. The topological polar surface area (TPSA) is 106 Å². The zero-order chi connectivity index (χ0) is 15.6. The molecule has 21 heavy (non-hydrogen) atoms. The number of nitrogens with zero attached hydrogens (tertiary/aromatic N) is 1. The van der Waals surface area contributed by atoms with Gasteiger partial charge in [0.05, 0.1) is 11.5 Å². The van der Waals surface area contributed by atoms with Crippen molar-refractivity contribution in [1.82, 2.24) is 0 Å². The minimum absolute atomic E-state index is 0.112. The molecule has 2 rings (SSSR count). The monoisotopic (exact) mass is 294 g/mol. The first-order valence-corrected chi connectivity index (χ1v) is 5.89. The quantitative estimate of drug-likeness (QED) is 0.648. The van der Waals surface area contributed by atoms with Crippen LogP contribution >= 0.6 is 0 Å². The number of carboxylic acids is 1. The molecule has 0 bridgehead atoms. The second-order valence-electron chi connectivity index (χ2n) is 4.28. The fourth-order valence-corrected chi connectivity index (χ4v) is 1.78. The summed E-state index contributed by atoms with van der Waals surface area (Å²) in [5.74, 6) is -1.42. The van der Waals surface area contributed by atoms with E-state index in [9.17, 15) is 19.3 Å². The van der Waals surface area contributed by atoms with Gasteiger partial charge in [0.25, 0.3) is 5.69 Å². The minimum Gasteiger partial charge on any atom is -0.478 e. The predicted octanol–water partition coefficient (Wildman–Crippen LogP) is 2.95. The first-order chi connectivity index (χ1) is 9.88. The van der Waals surface area contributed by atoms with E-state index < -0.39 is 28.0 Å². The highest BCUT2D eigenvalue weighted by Crippen LogP contribution is 2.28. The molecule has 2 N–H and O–H groups in total. The number of furan rings is 1. The number of rotatable bonds is 5. The fraction of sp³-hybridized carbons (Fsp3) is 0.154. The van der Waals surface area contributed by atoms with Crippen molar-refractivity contribution in [3.63, 3.8) is 0 Å². The van der Waals surface area contributed by atoms with Gasteiger partial charge in [-0.2, -0.15) is 0 Å². The van der Waals surface area contributed by atoms with Crippen LogP contribution in [0.15, 0.2) is 28.7 Å². The summed E-state index contributed by atoms with van der Waals surface area (Å²) in [6.07, 6.45) is 0. The Hall–Kier alpha value is -2.90. The van der Waals surface area contributed by atoms with E-state index in [-0.39, 0.29) is 12.2 Å². The van der Waals surface area contributed by atoms with Crippen molar-refractivity contribution in [2.45, 2.75) is 13.5 Å². The molecule has 0 unspecified atom stereocenters. The van der Waals surface area contributed by atoms with Gasteiger partial charge in [0.15, 0.2) is 0 Å². The number of benzene rings is 1. The van der Waals surface area contributed by atoms with Gasteiger partial charge in [-0.25, -0.2) is 9.18 Å². The summed E-state index contributed by atoms with van der Waals surface area (Å²) < 4.78 is 18.9. The van der Waals surface area contributed by atoms with E-state index in [0.29, 0.717) is 17.6 Å². The third-order valence-corrected chi connectivity index (χ3v) is 2.76. The number of nitro benzene ring substituents is 1. The van der Waals surface area contributed by atoms with E-state index in [1.54, 1.807) is 19.1 Å². The third kappa shape index (κ3) is 3.16. The van der Waals surface area contributed by atoms with Crippen molar-refractivity contribution in [2.24, 2.45) is 0 Å². The van der Waals surface area contributed by atoms with Gasteiger partial charge >= 0.3 is 5.97 Å². The van der Waals surface area contributed by atoms with Gasteiger partial charge in [0, 0.05) is 12.1 Å². The smallest absolute Gasteiger partial charge is 0.338 e. The van der Waals surface area contributed by atoms with Crippen molar-refractivity contribution in [3.8, 4) is 0 Å². The number of hydrogen-bond donors (Lipinski definition) is 2. The van der Waals surface area contributed by atoms with Gasteiger partial charge < -0.3 is 14.8 Å². The van der Waals surface area contributed by atoms with Gasteiger partial charge in [-0.1, -0.05) is 0 Å². The summed E-state index contributed by atoms with van der Waals surface area (Å²) in [6, 6.07) is 4.88. The minimum atomic E-state index is -1.57. The number of carbonyl (C=O) groups is 1. The maximum absolute atomic E-state index is 13.6. The second-order valence-corrected chi connectivity index (χ2v) is 4.28. The molecule has 0 spiro atoms. The average molecular weight is 294 g/mol. The maximum Gasteiger partial charge on any atom is 0.338 e. The average Bonchev–Trinajstić information content (AvgIpc) is 2.81. The van der Waals surface area contributed by atoms with Gasteiger partial charge in [0.1, 0.15) is 28.6 Å². The molecule has 0 aliphatic carbocycles. The van der Waals surface area contributed by atoms with Crippen LogP contribution in [0.1, 0.15) is 21.9 Å². The largest absolute Gasteiger partial charge is 0.478 e. The lowest BCUT2D eigenvalue weighted by molar-refractivity contribution is -0.384. The van der Waals surface area contributed by atoms with Crippen LogP contribution in [0.4, 0.5) is 15.8 Å². The summed E-state index contributed by atoms with van der Waals surface area (Å²) in [5.41, 5.74) is -1.38. The number of hydrogen-bond acceptors (Lipinski definition) is 5. The van der Waals surface area contributed by atoms with Crippen LogP contribution in [-0.4, -0.2) is 16.0 Å². The van der Waals surface area contributed by atoms with E-state index in [1.165, 1.54) is 0 Å². The van der Waals surface area contributed by atoms with Crippen molar-refractivity contribution in [2.75, 3.05) is 5.32 Å². The number of nitrogens with one attached hydrogen (secondary N) is 1. The molecule has 8 heteroatoms. The lowest BCUT2D eigenvalue weighted by atomic mass is 10.1. The van der Waals surface area contributed by atoms with E-state index in [4.69, 9.17) is 9.52 Å². The Kier molecular flexibility index (Phi) is 3.88. The molecule has 1 aromatic carbocycles. The van der Waals surface area contributed by atoms with Crippen LogP contribution in [0.25, 0.3) is 0 Å². The van der Waals surface area contributed by atoms with Crippen LogP contribution in [-0.2, 0) is 6.54 Å². The Morgan fingerprint density at radius 3 is 2.71 bits per heavy atom. The molecule has 2 aromatic rings. The summed E-state index contributed by atoms with van der Waals surface area (Å²) in [4.78, 5) is 21.0. The lowest BCUT2D eigenvalue weighted by Crippen LogP contribution is -2.07. The van der Waals surface area contributed by atoms with Gasteiger partial charge in [-0.15, -0.1) is 0 Å². The summed E-state index contributed by atoms with van der Waals surface area (Å²) in [5, 5.41) is 22.4. The maximum atomic E-state index is 13.6. The number of aryl methyl sites for hydroxylation is 1. The van der Waals surface area contributed by atoms with Crippen LogP contribution in [0.2, 0.25) is 0 Å². The highest BCUT2D eigenvalue weighted by molar-refractivity contribution is 5.90. The van der Waals surface area contributed by atoms with Crippen LogP contribution in [0.3, 0.4) is 0 Å². The molecule has 0 saturated carbocycles. The highest BCUT2D eigenvalue weighted by Gasteiger charge is 2.21. The Balaban J connectivity index is 2.31. The Morgan fingerprint density at radius 2 is 2.19 bits per heavy atom. The zero-order valence-corrected chi connectivity index (χ0v) is 10.9. The van der Waals surface area contributed by atoms with E-state index in [2.05, 4.69) is 5.32 Å². The van der Waals surface area contributed by atoms with E-state index in [1.807, 2.05) is 0 Å². The highest BCUT2D eigenvalue weighted by atomic mass is 19.1. The van der Waals surface area contributed by atoms with E-state index in [0.717, 1.165) is 6.07 Å². The standard InChI is InChI=1S/C13H11FN2O5/c1-7-2-3-8(21-7)6-15-11-5-10(14)9(13(17)18)4-12(11)16(19)20/h2-5,15H,6H2,1H3,(H,17,18). The van der Waals surface area contributed by atoms with Crippen molar-refractivity contribution in [1.29, 1.82) is 0 Å². The molecular weight excluding hydrogens is 283 g/mol. The molecule has 1 aromatic heterocycles. The predicted molar refractivity (Wildman–Crippen MR) is 70.8 cm³/mol. The van der Waals surface area contributed by atoms with Crippen molar-refractivity contribution >= 4 is 17.3 Å². The molecule has 0 amide bonds. The van der Waals surface area contributed by atoms with Crippen molar-refractivity contribution < 1.29 is 23.6 Å². The molecule has 1 heterocycles. The number of anilines is 1. The third-order valence-electron chi connectivity index (χ3n) is 2.76. The molecule has 0 saturated heterocycles. The lowest BCUT2D eigenvalue weighted by Gasteiger charge is -2.07. The Morgan fingerprint density at radius 1 is 1.48 bits per heavy atom. The van der Waals surface area contributed by atoms with Gasteiger partial charge in [-0.05, 0) is 19.1 Å². The number of aromatic carboxylic acids is 1. The van der Waals surface area contributed by atoms with Gasteiger partial charge in [0.2, 0.25) is 0 Å². The van der Waals surface area contributed by atoms with Crippen LogP contribution < -0.4 is 5.32 Å². The number of carboxylic acid groups (broad SMARTS) is 1. The SMILES string of the molecule is Cc1ccc(CNc2cc(F)c(C(=O)O)cc2[N+](=O)[O-])o1. The summed E-state index contributed by atoms with van der Waals surface area (Å²) >= 11 is 0. The Bertz CT molecular complexity index is 711. The van der Waals surface area contributed by atoms with E-state index >= 15 is 0 Å². The molecule has 0 atom stereocenters. The first kappa shape index (κ1) is 14.5. The zero-order valence-electron chi connectivity index (χ0n) is 10.9. The van der Waals surface area contributed by atoms with Crippen LogP contribution in [0.5, 0.6) is 0 Å². The molecule has 0 radical (unpaired) electrons. The molecule has 7 nitrogen and oxygen atoms in total. The van der Waals surface area contributed by atoms with Gasteiger partial charge in [-0.3, -0.25) is 10.1 Å². The first-order valence-electron chi connectivity index (χ1n) is 5.89. The number of nitro groups is 1.